The van der Waals surface area contributed by atoms with Gasteiger partial charge in [-0.05, 0) is 32.3 Å². The number of unbranched alkanes of at least 4 members (excludes halogenated alkanes) is 10. The van der Waals surface area contributed by atoms with E-state index in [4.69, 9.17) is 0 Å². The van der Waals surface area contributed by atoms with E-state index < -0.39 is 0 Å². The summed E-state index contributed by atoms with van der Waals surface area (Å²) in [4.78, 5) is 11.5. The zero-order valence-corrected chi connectivity index (χ0v) is 17.4. The molecule has 1 heteroatoms. The van der Waals surface area contributed by atoms with Crippen molar-refractivity contribution in [3.63, 3.8) is 0 Å². The highest BCUT2D eigenvalue weighted by molar-refractivity contribution is 5.69. The van der Waals surface area contributed by atoms with Crippen LogP contribution in [0.25, 0.3) is 6.08 Å². The first kappa shape index (κ1) is 22.7. The number of hydrogen-bond acceptors (Lipinski definition) is 1. The SMILES string of the molecule is CCCCCCCCCCCCCC(=Cc1ccccc1)C(C)(C)C=O. The van der Waals surface area contributed by atoms with Crippen molar-refractivity contribution < 1.29 is 4.79 Å². The van der Waals surface area contributed by atoms with Crippen molar-refractivity contribution >= 4 is 12.4 Å². The molecule has 1 rings (SSSR count). The third-order valence-corrected chi connectivity index (χ3v) is 5.31. The zero-order chi connectivity index (χ0) is 19.1. The van der Waals surface area contributed by atoms with Gasteiger partial charge in [0.1, 0.15) is 6.29 Å². The van der Waals surface area contributed by atoms with Crippen LogP contribution in [0.2, 0.25) is 0 Å². The molecule has 0 aliphatic rings. The van der Waals surface area contributed by atoms with Gasteiger partial charge < -0.3 is 4.79 Å². The molecule has 26 heavy (non-hydrogen) atoms. The Bertz CT molecular complexity index is 498. The van der Waals surface area contributed by atoms with Crippen LogP contribution < -0.4 is 0 Å². The van der Waals surface area contributed by atoms with Crippen LogP contribution in [0, 0.1) is 5.41 Å². The van der Waals surface area contributed by atoms with Gasteiger partial charge in [-0.25, -0.2) is 0 Å². The third kappa shape index (κ3) is 9.94. The van der Waals surface area contributed by atoms with Crippen molar-refractivity contribution in [2.75, 3.05) is 0 Å². The normalized spacial score (nSPS) is 12.3. The van der Waals surface area contributed by atoms with E-state index in [0.717, 1.165) is 12.7 Å². The van der Waals surface area contributed by atoms with E-state index in [1.54, 1.807) is 0 Å². The number of benzene rings is 1. The molecule has 0 atom stereocenters. The van der Waals surface area contributed by atoms with Gasteiger partial charge in [-0.2, -0.15) is 0 Å². The van der Waals surface area contributed by atoms with Gasteiger partial charge in [-0.3, -0.25) is 0 Å². The molecular weight excluding hydrogens is 316 g/mol. The van der Waals surface area contributed by atoms with Crippen LogP contribution in [0.15, 0.2) is 35.9 Å². The lowest BCUT2D eigenvalue weighted by atomic mass is 9.81. The third-order valence-electron chi connectivity index (χ3n) is 5.31. The number of carbonyl (C=O) groups excluding carboxylic acids is 1. The number of hydrogen-bond donors (Lipinski definition) is 0. The molecule has 0 aliphatic carbocycles. The van der Waals surface area contributed by atoms with Gasteiger partial charge in [0.25, 0.3) is 0 Å². The molecule has 0 bridgehead atoms. The summed E-state index contributed by atoms with van der Waals surface area (Å²) in [5.74, 6) is 0. The standard InChI is InChI=1S/C25H40O/c1-4-5-6-7-8-9-10-11-12-13-17-20-24(25(2,3)22-26)21-23-18-15-14-16-19-23/h14-16,18-19,21-22H,4-13,17,20H2,1-3H3. The topological polar surface area (TPSA) is 17.1 Å². The number of allylic oxidation sites excluding steroid dienone is 1. The maximum Gasteiger partial charge on any atom is 0.129 e. The van der Waals surface area contributed by atoms with E-state index >= 15 is 0 Å². The molecule has 0 unspecified atom stereocenters. The summed E-state index contributed by atoms with van der Waals surface area (Å²) >= 11 is 0. The number of aldehydes is 1. The summed E-state index contributed by atoms with van der Waals surface area (Å²) in [6.07, 6.45) is 19.3. The fourth-order valence-electron chi connectivity index (χ4n) is 3.39. The van der Waals surface area contributed by atoms with Crippen LogP contribution in [-0.2, 0) is 4.79 Å². The van der Waals surface area contributed by atoms with Gasteiger partial charge in [0, 0.05) is 5.41 Å². The lowest BCUT2D eigenvalue weighted by Crippen LogP contribution is -2.16. The Hall–Kier alpha value is -1.37. The highest BCUT2D eigenvalue weighted by atomic mass is 16.1. The van der Waals surface area contributed by atoms with E-state index in [0.29, 0.717) is 0 Å². The van der Waals surface area contributed by atoms with Crippen LogP contribution in [0.3, 0.4) is 0 Å². The second-order valence-corrected chi connectivity index (χ2v) is 8.21. The Morgan fingerprint density at radius 3 is 1.81 bits per heavy atom. The molecule has 0 saturated heterocycles. The van der Waals surface area contributed by atoms with E-state index in [-0.39, 0.29) is 5.41 Å². The summed E-state index contributed by atoms with van der Waals surface area (Å²) in [6.45, 7) is 6.34. The lowest BCUT2D eigenvalue weighted by Gasteiger charge is -2.22. The first-order chi connectivity index (χ1) is 12.6. The van der Waals surface area contributed by atoms with Gasteiger partial charge in [-0.1, -0.05) is 113 Å². The first-order valence-corrected chi connectivity index (χ1v) is 10.8. The smallest absolute Gasteiger partial charge is 0.129 e. The van der Waals surface area contributed by atoms with Crippen molar-refractivity contribution in [1.29, 1.82) is 0 Å². The minimum absolute atomic E-state index is 0.367. The van der Waals surface area contributed by atoms with Crippen molar-refractivity contribution in [3.05, 3.63) is 41.5 Å². The summed E-state index contributed by atoms with van der Waals surface area (Å²) < 4.78 is 0. The van der Waals surface area contributed by atoms with Crippen LogP contribution >= 0.6 is 0 Å². The minimum Gasteiger partial charge on any atom is -0.302 e. The second kappa shape index (κ2) is 13.8. The summed E-state index contributed by atoms with van der Waals surface area (Å²) in [6, 6.07) is 10.4. The summed E-state index contributed by atoms with van der Waals surface area (Å²) in [7, 11) is 0. The van der Waals surface area contributed by atoms with Gasteiger partial charge in [0.15, 0.2) is 0 Å². The molecule has 0 amide bonds. The van der Waals surface area contributed by atoms with Crippen molar-refractivity contribution in [2.24, 2.45) is 5.41 Å². The van der Waals surface area contributed by atoms with Gasteiger partial charge in [-0.15, -0.1) is 0 Å². The molecule has 0 aliphatic heterocycles. The number of carbonyl (C=O) groups is 1. The summed E-state index contributed by atoms with van der Waals surface area (Å²) in [5, 5.41) is 0. The predicted octanol–water partition coefficient (Wildman–Crippen LogP) is 8.00. The van der Waals surface area contributed by atoms with Crippen molar-refractivity contribution in [2.45, 2.75) is 97.8 Å². The fourth-order valence-corrected chi connectivity index (χ4v) is 3.39. The predicted molar refractivity (Wildman–Crippen MR) is 115 cm³/mol. The molecule has 1 aromatic carbocycles. The molecular formula is C25H40O. The quantitative estimate of drug-likeness (QED) is 0.230. The largest absolute Gasteiger partial charge is 0.302 e. The molecule has 0 saturated carbocycles. The lowest BCUT2D eigenvalue weighted by molar-refractivity contribution is -0.113. The molecule has 0 N–H and O–H groups in total. The van der Waals surface area contributed by atoms with Crippen molar-refractivity contribution in [3.8, 4) is 0 Å². The molecule has 146 valence electrons. The average Bonchev–Trinajstić information content (AvgIpc) is 2.66. The summed E-state index contributed by atoms with van der Waals surface area (Å²) in [5.41, 5.74) is 2.09. The van der Waals surface area contributed by atoms with Gasteiger partial charge in [0.05, 0.1) is 0 Å². The molecule has 0 fully saturated rings. The van der Waals surface area contributed by atoms with E-state index in [1.807, 2.05) is 19.9 Å². The Balaban J connectivity index is 2.27. The molecule has 1 nitrogen and oxygen atoms in total. The Kier molecular flexibility index (Phi) is 12.0. The molecule has 0 radical (unpaired) electrons. The Morgan fingerprint density at radius 2 is 1.31 bits per heavy atom. The molecule has 0 spiro atoms. The maximum absolute atomic E-state index is 11.5. The van der Waals surface area contributed by atoms with Gasteiger partial charge >= 0.3 is 0 Å². The first-order valence-electron chi connectivity index (χ1n) is 10.8. The van der Waals surface area contributed by atoms with Gasteiger partial charge in [0.2, 0.25) is 0 Å². The Morgan fingerprint density at radius 1 is 0.808 bits per heavy atom. The maximum atomic E-state index is 11.5. The highest BCUT2D eigenvalue weighted by Crippen LogP contribution is 2.30. The highest BCUT2D eigenvalue weighted by Gasteiger charge is 2.21. The van der Waals surface area contributed by atoms with E-state index in [9.17, 15) is 4.79 Å². The fraction of sp³-hybridized carbons (Fsp3) is 0.640. The monoisotopic (exact) mass is 356 g/mol. The van der Waals surface area contributed by atoms with E-state index in [2.05, 4.69) is 37.3 Å². The van der Waals surface area contributed by atoms with Crippen molar-refractivity contribution in [1.82, 2.24) is 0 Å². The van der Waals surface area contributed by atoms with E-state index in [1.165, 1.54) is 81.8 Å². The molecule has 0 heterocycles. The molecule has 1 aromatic rings. The second-order valence-electron chi connectivity index (χ2n) is 8.21. The van der Waals surface area contributed by atoms with Crippen LogP contribution in [0.1, 0.15) is 103 Å². The van der Waals surface area contributed by atoms with Crippen LogP contribution in [-0.4, -0.2) is 6.29 Å². The number of rotatable bonds is 15. The van der Waals surface area contributed by atoms with Crippen LogP contribution in [0.4, 0.5) is 0 Å². The minimum atomic E-state index is -0.367. The average molecular weight is 357 g/mol. The Labute approximate surface area is 162 Å². The zero-order valence-electron chi connectivity index (χ0n) is 17.4. The molecule has 0 aromatic heterocycles. The van der Waals surface area contributed by atoms with Crippen LogP contribution in [0.5, 0.6) is 0 Å².